The van der Waals surface area contributed by atoms with Gasteiger partial charge in [-0.2, -0.15) is 0 Å². The average molecular weight is 488 g/mol. The van der Waals surface area contributed by atoms with Gasteiger partial charge in [0.2, 0.25) is 0 Å². The van der Waals surface area contributed by atoms with Crippen LogP contribution in [0.2, 0.25) is 0 Å². The number of nitrogens with one attached hydrogen (secondary N) is 1. The van der Waals surface area contributed by atoms with Crippen LogP contribution >= 0.6 is 11.3 Å². The van der Waals surface area contributed by atoms with E-state index in [-0.39, 0.29) is 17.2 Å². The number of alkyl carbamates (subject to hydrolysis) is 1. The predicted octanol–water partition coefficient (Wildman–Crippen LogP) is 5.56. The van der Waals surface area contributed by atoms with Crippen LogP contribution in [0.25, 0.3) is 0 Å². The Hall–Kier alpha value is -2.87. The first kappa shape index (κ1) is 25.7. The van der Waals surface area contributed by atoms with E-state index in [0.717, 1.165) is 17.2 Å². The molecule has 3 rings (SSSR count). The molecule has 34 heavy (non-hydrogen) atoms. The average Bonchev–Trinajstić information content (AvgIpc) is 3.49. The minimum Gasteiger partial charge on any atom is -0.507 e. The molecule has 1 saturated carbocycles. The molecule has 2 N–H and O–H groups in total. The van der Waals surface area contributed by atoms with Gasteiger partial charge >= 0.3 is 11.7 Å². The van der Waals surface area contributed by atoms with Crippen LogP contribution in [0.3, 0.4) is 0 Å². The van der Waals surface area contributed by atoms with Crippen molar-refractivity contribution in [1.82, 2.24) is 5.32 Å². The minimum absolute atomic E-state index is 0.172. The molecular formula is C26H33NO6S. The summed E-state index contributed by atoms with van der Waals surface area (Å²) in [6.45, 7) is 5.44. The van der Waals surface area contributed by atoms with Gasteiger partial charge < -0.3 is 14.3 Å². The van der Waals surface area contributed by atoms with Crippen molar-refractivity contribution in [3.63, 3.8) is 0 Å². The molecule has 0 radical (unpaired) electrons. The molecule has 1 amide bonds. The molecular weight excluding hydrogens is 454 g/mol. The summed E-state index contributed by atoms with van der Waals surface area (Å²) in [5.74, 6) is 0.173. The fraction of sp³-hybridized carbons (Fsp3) is 0.500. The van der Waals surface area contributed by atoms with Crippen molar-refractivity contribution >= 4 is 23.2 Å². The molecule has 0 saturated heterocycles. The molecule has 0 bridgehead atoms. The van der Waals surface area contributed by atoms with Crippen molar-refractivity contribution < 1.29 is 23.8 Å². The number of Topliss-reactive ketones (excluding diaryl/α,β-unsaturated/α-hetero) is 1. The number of methoxy groups -OCH3 is 1. The van der Waals surface area contributed by atoms with Crippen LogP contribution in [-0.2, 0) is 17.6 Å². The van der Waals surface area contributed by atoms with Gasteiger partial charge in [0.25, 0.3) is 0 Å². The first-order chi connectivity index (χ1) is 16.1. The van der Waals surface area contributed by atoms with Gasteiger partial charge in [0.15, 0.2) is 5.78 Å². The van der Waals surface area contributed by atoms with Crippen molar-refractivity contribution in [1.29, 1.82) is 0 Å². The van der Waals surface area contributed by atoms with Gasteiger partial charge in [0.1, 0.15) is 17.1 Å². The molecule has 8 heteroatoms. The highest BCUT2D eigenvalue weighted by molar-refractivity contribution is 7.12. The van der Waals surface area contributed by atoms with Crippen molar-refractivity contribution in [2.45, 2.75) is 65.2 Å². The zero-order chi connectivity index (χ0) is 24.9. The monoisotopic (exact) mass is 487 g/mol. The number of aromatic hydroxyl groups is 1. The third-order valence-electron chi connectivity index (χ3n) is 6.07. The highest BCUT2D eigenvalue weighted by Crippen LogP contribution is 2.37. The van der Waals surface area contributed by atoms with Crippen molar-refractivity contribution in [2.75, 3.05) is 7.11 Å². The number of ether oxygens (including phenoxy) is 1. The number of ketones is 1. The van der Waals surface area contributed by atoms with Crippen LogP contribution in [0.15, 0.2) is 39.7 Å². The second-order valence-electron chi connectivity index (χ2n) is 9.62. The molecule has 2 aromatic heterocycles. The quantitative estimate of drug-likeness (QED) is 0.402. The Morgan fingerprint density at radius 3 is 2.68 bits per heavy atom. The summed E-state index contributed by atoms with van der Waals surface area (Å²) in [6.07, 6.45) is 8.08. The van der Waals surface area contributed by atoms with E-state index in [0.29, 0.717) is 25.0 Å². The summed E-state index contributed by atoms with van der Waals surface area (Å²) in [4.78, 5) is 39.4. The van der Waals surface area contributed by atoms with Crippen LogP contribution in [0.4, 0.5) is 4.79 Å². The second kappa shape index (κ2) is 11.0. The molecule has 1 aliphatic rings. The van der Waals surface area contributed by atoms with Crippen LogP contribution in [0.1, 0.15) is 78.2 Å². The van der Waals surface area contributed by atoms with Gasteiger partial charge in [0.05, 0.1) is 7.11 Å². The fourth-order valence-electron chi connectivity index (χ4n) is 3.80. The number of carbonyl (C=O) groups excluding carboxylic acids is 2. The number of amides is 1. The van der Waals surface area contributed by atoms with Crippen LogP contribution in [0, 0.1) is 11.3 Å². The number of thiophene rings is 1. The maximum absolute atomic E-state index is 13.2. The van der Waals surface area contributed by atoms with Crippen molar-refractivity contribution in [3.8, 4) is 5.75 Å². The van der Waals surface area contributed by atoms with Crippen LogP contribution in [0.5, 0.6) is 5.75 Å². The number of carbonyl (C=O) groups is 2. The molecule has 0 aliphatic heterocycles. The number of hydrogen-bond acceptors (Lipinski definition) is 7. The Morgan fingerprint density at radius 1 is 1.32 bits per heavy atom. The lowest BCUT2D eigenvalue weighted by atomic mass is 9.81. The number of rotatable bonds is 11. The zero-order valence-electron chi connectivity index (χ0n) is 20.2. The largest absolute Gasteiger partial charge is 0.507 e. The highest BCUT2D eigenvalue weighted by Gasteiger charge is 2.34. The molecule has 0 aromatic carbocycles. The summed E-state index contributed by atoms with van der Waals surface area (Å²) in [5, 5.41) is 13.0. The van der Waals surface area contributed by atoms with Gasteiger partial charge in [-0.25, -0.2) is 9.59 Å². The summed E-state index contributed by atoms with van der Waals surface area (Å²) < 4.78 is 9.91. The van der Waals surface area contributed by atoms with Gasteiger partial charge in [-0.05, 0) is 56.6 Å². The first-order valence-electron chi connectivity index (χ1n) is 11.6. The normalized spacial score (nSPS) is 14.8. The standard InChI is InChI=1S/C26H33NO6S/c1-16(7-5-6-12-27-25(31)32-4)21-14-20(28)22(24(30)33-21)23(29)26(2,3)15-19-11-10-18(34-19)13-17-8-9-17/h6,10-12,14,16-17,28H,5,7-9,13,15H2,1-4H3,(H,27,31)/b12-6+. The van der Waals surface area contributed by atoms with Gasteiger partial charge in [-0.3, -0.25) is 10.1 Å². The summed E-state index contributed by atoms with van der Waals surface area (Å²) in [7, 11) is 1.28. The van der Waals surface area contributed by atoms with E-state index in [1.165, 1.54) is 37.1 Å². The van der Waals surface area contributed by atoms with Crippen molar-refractivity contribution in [2.24, 2.45) is 11.3 Å². The Balaban J connectivity index is 1.65. The molecule has 2 heterocycles. The lowest BCUT2D eigenvalue weighted by Crippen LogP contribution is -2.31. The van der Waals surface area contributed by atoms with Crippen LogP contribution < -0.4 is 10.9 Å². The lowest BCUT2D eigenvalue weighted by Gasteiger charge is -2.22. The molecule has 1 unspecified atom stereocenters. The SMILES string of the molecule is COC(=O)N/C=C/CCC(C)c1cc(O)c(C(=O)C(C)(C)Cc2ccc(CC3CC3)s2)c(=O)o1. The third kappa shape index (κ3) is 6.82. The Morgan fingerprint density at radius 2 is 2.03 bits per heavy atom. The van der Waals surface area contributed by atoms with E-state index in [9.17, 15) is 19.5 Å². The maximum Gasteiger partial charge on any atom is 0.410 e. The number of hydrogen-bond donors (Lipinski definition) is 2. The molecule has 1 fully saturated rings. The summed E-state index contributed by atoms with van der Waals surface area (Å²) in [6, 6.07) is 5.55. The molecule has 2 aromatic rings. The van der Waals surface area contributed by atoms with Gasteiger partial charge in [0, 0.05) is 33.4 Å². The molecule has 1 aliphatic carbocycles. The molecule has 1 atom stereocenters. The minimum atomic E-state index is -0.863. The predicted molar refractivity (Wildman–Crippen MR) is 132 cm³/mol. The maximum atomic E-state index is 13.2. The van der Waals surface area contributed by atoms with Gasteiger partial charge in [-0.15, -0.1) is 11.3 Å². The number of allylic oxidation sites excluding steroid dienone is 1. The molecule has 0 spiro atoms. The zero-order valence-corrected chi connectivity index (χ0v) is 21.0. The first-order valence-corrected chi connectivity index (χ1v) is 12.4. The van der Waals surface area contributed by atoms with E-state index in [1.54, 1.807) is 31.3 Å². The van der Waals surface area contributed by atoms with Crippen LogP contribution in [-0.4, -0.2) is 24.1 Å². The highest BCUT2D eigenvalue weighted by atomic mass is 32.1. The second-order valence-corrected chi connectivity index (χ2v) is 10.9. The van der Waals surface area contributed by atoms with E-state index in [4.69, 9.17) is 4.42 Å². The Bertz CT molecular complexity index is 1110. The van der Waals surface area contributed by atoms with E-state index in [2.05, 4.69) is 22.2 Å². The van der Waals surface area contributed by atoms with E-state index < -0.39 is 22.9 Å². The van der Waals surface area contributed by atoms with Crippen molar-refractivity contribution in [3.05, 3.63) is 62.0 Å². The van der Waals surface area contributed by atoms with E-state index in [1.807, 2.05) is 6.92 Å². The molecule has 184 valence electrons. The lowest BCUT2D eigenvalue weighted by molar-refractivity contribution is 0.0830. The third-order valence-corrected chi connectivity index (χ3v) is 7.18. The Labute approximate surface area is 203 Å². The smallest absolute Gasteiger partial charge is 0.410 e. The summed E-state index contributed by atoms with van der Waals surface area (Å²) >= 11 is 1.72. The van der Waals surface area contributed by atoms with Gasteiger partial charge in [-0.1, -0.05) is 26.8 Å². The topological polar surface area (TPSA) is 106 Å². The Kier molecular flexibility index (Phi) is 8.36. The molecule has 7 nitrogen and oxygen atoms in total. The summed E-state index contributed by atoms with van der Waals surface area (Å²) in [5.41, 5.74) is -1.97. The fourth-order valence-corrected chi connectivity index (χ4v) is 5.16. The van der Waals surface area contributed by atoms with E-state index >= 15 is 0 Å².